The van der Waals surface area contributed by atoms with Crippen LogP contribution in [-0.2, 0) is 22.7 Å². The molecule has 2 aromatic carbocycles. The molecule has 172 valence electrons. The number of ether oxygens (including phenoxy) is 1. The molecule has 6 heteroatoms. The number of benzene rings is 2. The van der Waals surface area contributed by atoms with Gasteiger partial charge in [0.25, 0.3) is 0 Å². The highest BCUT2D eigenvalue weighted by Crippen LogP contribution is 2.43. The minimum atomic E-state index is -3.18. The summed E-state index contributed by atoms with van der Waals surface area (Å²) in [6, 6.07) is 12.1. The highest BCUT2D eigenvalue weighted by Gasteiger charge is 2.41. The van der Waals surface area contributed by atoms with Gasteiger partial charge in [0.1, 0.15) is 11.4 Å². The Balaban J connectivity index is 1.34. The van der Waals surface area contributed by atoms with Gasteiger partial charge in [0.2, 0.25) is 0 Å². The number of nitrogens with zero attached hydrogens (tertiary/aromatic N) is 2. The van der Waals surface area contributed by atoms with Crippen molar-refractivity contribution in [3.8, 4) is 5.75 Å². The molecule has 0 radical (unpaired) electrons. The SMILES string of the molecule is CC(C)(C)N1CCC2(CCc3cc(N4CCc5cc(S(C)(=O)=O)ccc54)ccc3O2)CC1. The molecule has 0 amide bonds. The Hall–Kier alpha value is -2.05. The fourth-order valence-corrected chi connectivity index (χ4v) is 6.16. The summed E-state index contributed by atoms with van der Waals surface area (Å²) in [4.78, 5) is 5.27. The summed E-state index contributed by atoms with van der Waals surface area (Å²) >= 11 is 0. The summed E-state index contributed by atoms with van der Waals surface area (Å²) in [7, 11) is -3.18. The Morgan fingerprint density at radius 2 is 1.66 bits per heavy atom. The zero-order chi connectivity index (χ0) is 22.7. The molecule has 0 atom stereocenters. The molecule has 1 saturated heterocycles. The smallest absolute Gasteiger partial charge is 0.175 e. The second kappa shape index (κ2) is 7.49. The zero-order valence-corrected chi connectivity index (χ0v) is 20.5. The topological polar surface area (TPSA) is 49.9 Å². The normalized spacial score (nSPS) is 20.7. The minimum absolute atomic E-state index is 0.0153. The van der Waals surface area contributed by atoms with Crippen molar-refractivity contribution < 1.29 is 13.2 Å². The molecule has 3 heterocycles. The number of fused-ring (bicyclic) bond motifs is 2. The van der Waals surface area contributed by atoms with Crippen molar-refractivity contribution in [3.63, 3.8) is 0 Å². The van der Waals surface area contributed by atoms with E-state index in [1.54, 1.807) is 6.07 Å². The summed E-state index contributed by atoms with van der Waals surface area (Å²) in [6.45, 7) is 9.94. The molecule has 0 N–H and O–H groups in total. The summed E-state index contributed by atoms with van der Waals surface area (Å²) in [5, 5.41) is 0. The van der Waals surface area contributed by atoms with Gasteiger partial charge in [-0.3, -0.25) is 4.90 Å². The molecule has 5 nitrogen and oxygen atoms in total. The van der Waals surface area contributed by atoms with Crippen molar-refractivity contribution in [1.82, 2.24) is 4.90 Å². The van der Waals surface area contributed by atoms with E-state index in [4.69, 9.17) is 4.74 Å². The third-order valence-corrected chi connectivity index (χ3v) is 8.64. The average Bonchev–Trinajstić information content (AvgIpc) is 3.16. The van der Waals surface area contributed by atoms with Gasteiger partial charge in [0.05, 0.1) is 4.90 Å². The van der Waals surface area contributed by atoms with Gasteiger partial charge in [0.15, 0.2) is 9.84 Å². The average molecular weight is 455 g/mol. The van der Waals surface area contributed by atoms with Crippen LogP contribution in [0.2, 0.25) is 0 Å². The van der Waals surface area contributed by atoms with E-state index in [1.807, 2.05) is 12.1 Å². The van der Waals surface area contributed by atoms with Crippen molar-refractivity contribution in [1.29, 1.82) is 0 Å². The van der Waals surface area contributed by atoms with Crippen molar-refractivity contribution >= 4 is 21.2 Å². The lowest BCUT2D eigenvalue weighted by atomic mass is 9.82. The number of sulfone groups is 1. The van der Waals surface area contributed by atoms with Gasteiger partial charge in [-0.25, -0.2) is 8.42 Å². The maximum atomic E-state index is 11.9. The Labute approximate surface area is 192 Å². The second-order valence-electron chi connectivity index (χ2n) is 10.7. The first kappa shape index (κ1) is 21.8. The predicted octanol–water partition coefficient (Wildman–Crippen LogP) is 4.74. The van der Waals surface area contributed by atoms with Crippen LogP contribution in [0.25, 0.3) is 0 Å². The number of anilines is 2. The van der Waals surface area contributed by atoms with E-state index in [0.29, 0.717) is 4.90 Å². The van der Waals surface area contributed by atoms with Crippen LogP contribution in [0.3, 0.4) is 0 Å². The monoisotopic (exact) mass is 454 g/mol. The maximum absolute atomic E-state index is 11.9. The molecular formula is C26H34N2O3S. The quantitative estimate of drug-likeness (QED) is 0.656. The number of hydrogen-bond acceptors (Lipinski definition) is 5. The minimum Gasteiger partial charge on any atom is -0.487 e. The standard InChI is InChI=1S/C26H34N2O3S/c1-25(2,3)27-15-12-26(13-16-27)11-9-20-17-21(5-8-24(20)31-26)28-14-10-19-18-22(32(4,29)30)6-7-23(19)28/h5-8,17-18H,9-16H2,1-4H3. The van der Waals surface area contributed by atoms with Crippen LogP contribution in [0.15, 0.2) is 41.3 Å². The fourth-order valence-electron chi connectivity index (χ4n) is 5.49. The highest BCUT2D eigenvalue weighted by molar-refractivity contribution is 7.90. The van der Waals surface area contributed by atoms with Gasteiger partial charge >= 0.3 is 0 Å². The summed E-state index contributed by atoms with van der Waals surface area (Å²) in [5.74, 6) is 1.04. The largest absolute Gasteiger partial charge is 0.487 e. The fraction of sp³-hybridized carbons (Fsp3) is 0.538. The van der Waals surface area contributed by atoms with Crippen molar-refractivity contribution in [2.75, 3.05) is 30.8 Å². The lowest BCUT2D eigenvalue weighted by molar-refractivity contribution is -0.0355. The zero-order valence-electron chi connectivity index (χ0n) is 19.6. The van der Waals surface area contributed by atoms with E-state index < -0.39 is 9.84 Å². The number of piperidine rings is 1. The maximum Gasteiger partial charge on any atom is 0.175 e. The molecule has 0 aliphatic carbocycles. The molecule has 1 spiro atoms. The van der Waals surface area contributed by atoms with Crippen molar-refractivity contribution in [3.05, 3.63) is 47.5 Å². The van der Waals surface area contributed by atoms with Gasteiger partial charge in [-0.05, 0) is 100 Å². The van der Waals surface area contributed by atoms with Gasteiger partial charge in [-0.1, -0.05) is 0 Å². The van der Waals surface area contributed by atoms with Gasteiger partial charge in [-0.2, -0.15) is 0 Å². The molecule has 0 saturated carbocycles. The Morgan fingerprint density at radius 3 is 2.34 bits per heavy atom. The lowest BCUT2D eigenvalue weighted by Crippen LogP contribution is -2.54. The molecule has 5 rings (SSSR count). The lowest BCUT2D eigenvalue weighted by Gasteiger charge is -2.48. The number of aryl methyl sites for hydroxylation is 1. The van der Waals surface area contributed by atoms with E-state index in [-0.39, 0.29) is 11.1 Å². The van der Waals surface area contributed by atoms with Gasteiger partial charge in [-0.15, -0.1) is 0 Å². The number of hydrogen-bond donors (Lipinski definition) is 0. The Bertz CT molecular complexity index is 1140. The first-order valence-corrected chi connectivity index (χ1v) is 13.6. The van der Waals surface area contributed by atoms with Crippen LogP contribution >= 0.6 is 0 Å². The molecule has 2 aromatic rings. The molecule has 1 fully saturated rings. The summed E-state index contributed by atoms with van der Waals surface area (Å²) in [5.41, 5.74) is 4.87. The molecule has 0 bridgehead atoms. The van der Waals surface area contributed by atoms with Crippen LogP contribution in [0, 0.1) is 0 Å². The molecule has 3 aliphatic rings. The Kier molecular flexibility index (Phi) is 5.10. The Morgan fingerprint density at radius 1 is 0.906 bits per heavy atom. The first-order chi connectivity index (χ1) is 15.0. The van der Waals surface area contributed by atoms with E-state index in [1.165, 1.54) is 11.8 Å². The third kappa shape index (κ3) is 3.92. The van der Waals surface area contributed by atoms with Gasteiger partial charge < -0.3 is 9.64 Å². The van der Waals surface area contributed by atoms with Crippen LogP contribution in [0.5, 0.6) is 5.75 Å². The van der Waals surface area contributed by atoms with Crippen molar-refractivity contribution in [2.45, 2.75) is 68.9 Å². The van der Waals surface area contributed by atoms with E-state index >= 15 is 0 Å². The van der Waals surface area contributed by atoms with E-state index in [0.717, 1.165) is 74.4 Å². The first-order valence-electron chi connectivity index (χ1n) is 11.7. The van der Waals surface area contributed by atoms with Crippen molar-refractivity contribution in [2.24, 2.45) is 0 Å². The van der Waals surface area contributed by atoms with Crippen LogP contribution in [0.4, 0.5) is 11.4 Å². The predicted molar refractivity (Wildman–Crippen MR) is 129 cm³/mol. The number of likely N-dealkylation sites (tertiary alicyclic amines) is 1. The summed E-state index contributed by atoms with van der Waals surface area (Å²) < 4.78 is 30.5. The van der Waals surface area contributed by atoms with E-state index in [2.05, 4.69) is 48.8 Å². The number of rotatable bonds is 2. The molecule has 3 aliphatic heterocycles. The van der Waals surface area contributed by atoms with Crippen LogP contribution in [-0.4, -0.2) is 50.3 Å². The summed E-state index contributed by atoms with van der Waals surface area (Å²) in [6.07, 6.45) is 6.44. The van der Waals surface area contributed by atoms with E-state index in [9.17, 15) is 8.42 Å². The van der Waals surface area contributed by atoms with Gasteiger partial charge in [0, 0.05) is 42.8 Å². The molecular weight excluding hydrogens is 420 g/mol. The third-order valence-electron chi connectivity index (χ3n) is 7.53. The van der Waals surface area contributed by atoms with Crippen LogP contribution in [0.1, 0.15) is 51.2 Å². The molecule has 32 heavy (non-hydrogen) atoms. The molecule has 0 unspecified atom stereocenters. The molecule has 0 aromatic heterocycles. The second-order valence-corrected chi connectivity index (χ2v) is 12.7. The highest BCUT2D eigenvalue weighted by atomic mass is 32.2. The van der Waals surface area contributed by atoms with Crippen LogP contribution < -0.4 is 9.64 Å².